The molecule has 15 heavy (non-hydrogen) atoms. The van der Waals surface area contributed by atoms with Gasteiger partial charge in [-0.2, -0.15) is 0 Å². The van der Waals surface area contributed by atoms with Gasteiger partial charge in [-0.15, -0.1) is 9.24 Å². The molecule has 0 aliphatic rings. The molecule has 1 unspecified atom stereocenters. The van der Waals surface area contributed by atoms with Gasteiger partial charge in [-0.3, -0.25) is 0 Å². The molecule has 0 aromatic heterocycles. The first kappa shape index (κ1) is 12.3. The van der Waals surface area contributed by atoms with Gasteiger partial charge in [0.15, 0.2) is 11.5 Å². The van der Waals surface area contributed by atoms with Gasteiger partial charge in [-0.1, -0.05) is 12.1 Å². The molecule has 0 spiro atoms. The first-order chi connectivity index (χ1) is 7.00. The van der Waals surface area contributed by atoms with Crippen LogP contribution in [0.5, 0.6) is 11.5 Å². The molecule has 1 rings (SSSR count). The third kappa shape index (κ3) is 3.71. The Labute approximate surface area is 94.2 Å². The standard InChI is InChI=1S/C12H19O2P/c1-8(2)13-10-6-5-7-11(15)12(10)14-9(3)4/h5-9H,15H2,1-4H3. The van der Waals surface area contributed by atoms with Crippen LogP contribution in [0.1, 0.15) is 27.7 Å². The molecule has 0 saturated carbocycles. The molecule has 0 N–H and O–H groups in total. The van der Waals surface area contributed by atoms with Crippen LogP contribution in [0.3, 0.4) is 0 Å². The predicted octanol–water partition coefficient (Wildman–Crippen LogP) is 2.76. The number of para-hydroxylation sites is 1. The summed E-state index contributed by atoms with van der Waals surface area (Å²) in [5, 5.41) is 1.03. The highest BCUT2D eigenvalue weighted by Crippen LogP contribution is 2.28. The van der Waals surface area contributed by atoms with Crippen LogP contribution in [0.2, 0.25) is 0 Å². The summed E-state index contributed by atoms with van der Waals surface area (Å²) in [5.41, 5.74) is 0. The van der Waals surface area contributed by atoms with E-state index in [0.717, 1.165) is 16.8 Å². The summed E-state index contributed by atoms with van der Waals surface area (Å²) in [6.07, 6.45) is 0.313. The predicted molar refractivity (Wildman–Crippen MR) is 67.3 cm³/mol. The van der Waals surface area contributed by atoms with Gasteiger partial charge in [-0.05, 0) is 33.8 Å². The van der Waals surface area contributed by atoms with Crippen molar-refractivity contribution < 1.29 is 9.47 Å². The molecule has 0 radical (unpaired) electrons. The minimum Gasteiger partial charge on any atom is -0.487 e. The Bertz CT molecular complexity index is 321. The van der Waals surface area contributed by atoms with E-state index < -0.39 is 0 Å². The number of hydrogen-bond acceptors (Lipinski definition) is 2. The summed E-state index contributed by atoms with van der Waals surface area (Å²) in [6, 6.07) is 5.90. The van der Waals surface area contributed by atoms with Crippen molar-refractivity contribution in [3.63, 3.8) is 0 Å². The maximum absolute atomic E-state index is 5.73. The largest absolute Gasteiger partial charge is 0.487 e. The lowest BCUT2D eigenvalue weighted by molar-refractivity contribution is 0.200. The summed E-state index contributed by atoms with van der Waals surface area (Å²) < 4.78 is 11.4. The second kappa shape index (κ2) is 5.37. The third-order valence-corrected chi connectivity index (χ3v) is 2.18. The van der Waals surface area contributed by atoms with Crippen LogP contribution in [-0.4, -0.2) is 12.2 Å². The van der Waals surface area contributed by atoms with E-state index in [1.807, 2.05) is 45.9 Å². The second-order valence-corrected chi connectivity index (χ2v) is 4.63. The molecule has 0 fully saturated rings. The van der Waals surface area contributed by atoms with Crippen LogP contribution in [0.4, 0.5) is 0 Å². The zero-order chi connectivity index (χ0) is 11.4. The fourth-order valence-corrected chi connectivity index (χ4v) is 1.56. The molecule has 0 saturated heterocycles. The van der Waals surface area contributed by atoms with Gasteiger partial charge in [0, 0.05) is 5.30 Å². The Morgan fingerprint density at radius 2 is 1.60 bits per heavy atom. The highest BCUT2D eigenvalue weighted by molar-refractivity contribution is 7.27. The molecule has 0 aliphatic heterocycles. The number of rotatable bonds is 4. The third-order valence-electron chi connectivity index (χ3n) is 1.73. The molecular formula is C12H19O2P. The summed E-state index contributed by atoms with van der Waals surface area (Å²) in [6.45, 7) is 8.04. The monoisotopic (exact) mass is 226 g/mol. The Kier molecular flexibility index (Phi) is 4.41. The average molecular weight is 226 g/mol. The second-order valence-electron chi connectivity index (χ2n) is 4.01. The van der Waals surface area contributed by atoms with E-state index in [1.165, 1.54) is 0 Å². The Hall–Kier alpha value is -0.750. The fraction of sp³-hybridized carbons (Fsp3) is 0.500. The molecular weight excluding hydrogens is 207 g/mol. The van der Waals surface area contributed by atoms with Crippen LogP contribution in [0.15, 0.2) is 18.2 Å². The minimum atomic E-state index is 0.154. The molecule has 0 amide bonds. The molecule has 2 nitrogen and oxygen atoms in total. The van der Waals surface area contributed by atoms with Gasteiger partial charge in [-0.25, -0.2) is 0 Å². The van der Waals surface area contributed by atoms with Crippen LogP contribution >= 0.6 is 9.24 Å². The number of ether oxygens (including phenoxy) is 2. The van der Waals surface area contributed by atoms with E-state index in [1.54, 1.807) is 0 Å². The van der Waals surface area contributed by atoms with Crippen LogP contribution in [0, 0.1) is 0 Å². The topological polar surface area (TPSA) is 18.5 Å². The molecule has 84 valence electrons. The highest BCUT2D eigenvalue weighted by atomic mass is 31.0. The minimum absolute atomic E-state index is 0.154. The number of hydrogen-bond donors (Lipinski definition) is 0. The molecule has 0 heterocycles. The van der Waals surface area contributed by atoms with E-state index in [9.17, 15) is 0 Å². The first-order valence-electron chi connectivity index (χ1n) is 5.22. The average Bonchev–Trinajstić information content (AvgIpc) is 2.09. The van der Waals surface area contributed by atoms with Crippen molar-refractivity contribution in [3.8, 4) is 11.5 Å². The van der Waals surface area contributed by atoms with Crippen molar-refractivity contribution in [2.75, 3.05) is 0 Å². The van der Waals surface area contributed by atoms with Crippen molar-refractivity contribution >= 4 is 14.5 Å². The molecule has 1 aromatic rings. The van der Waals surface area contributed by atoms with E-state index in [-0.39, 0.29) is 12.2 Å². The maximum Gasteiger partial charge on any atom is 0.168 e. The lowest BCUT2D eigenvalue weighted by Crippen LogP contribution is -2.14. The summed E-state index contributed by atoms with van der Waals surface area (Å²) in [4.78, 5) is 0. The van der Waals surface area contributed by atoms with Crippen LogP contribution in [0.25, 0.3) is 0 Å². The summed E-state index contributed by atoms with van der Waals surface area (Å²) in [7, 11) is 2.67. The zero-order valence-corrected chi connectivity index (χ0v) is 10.9. The molecule has 1 aromatic carbocycles. The highest BCUT2D eigenvalue weighted by Gasteiger charge is 2.10. The normalized spacial score (nSPS) is 10.9. The van der Waals surface area contributed by atoms with Gasteiger partial charge in [0.2, 0.25) is 0 Å². The zero-order valence-electron chi connectivity index (χ0n) is 9.78. The van der Waals surface area contributed by atoms with E-state index >= 15 is 0 Å². The number of benzene rings is 1. The molecule has 3 heteroatoms. The fourth-order valence-electron chi connectivity index (χ4n) is 1.24. The van der Waals surface area contributed by atoms with Gasteiger partial charge < -0.3 is 9.47 Å². The molecule has 0 aliphatic carbocycles. The quantitative estimate of drug-likeness (QED) is 0.735. The Balaban J connectivity index is 2.97. The van der Waals surface area contributed by atoms with Crippen molar-refractivity contribution in [2.24, 2.45) is 0 Å². The maximum atomic E-state index is 5.73. The van der Waals surface area contributed by atoms with Crippen LogP contribution < -0.4 is 14.8 Å². The SMILES string of the molecule is CC(C)Oc1cccc(P)c1OC(C)C. The van der Waals surface area contributed by atoms with Crippen molar-refractivity contribution in [2.45, 2.75) is 39.9 Å². The molecule has 0 bridgehead atoms. The summed E-state index contributed by atoms with van der Waals surface area (Å²) in [5.74, 6) is 1.64. The van der Waals surface area contributed by atoms with Gasteiger partial charge >= 0.3 is 0 Å². The Morgan fingerprint density at radius 3 is 2.13 bits per heavy atom. The molecule has 1 atom stereocenters. The van der Waals surface area contributed by atoms with Crippen LogP contribution in [-0.2, 0) is 0 Å². The lowest BCUT2D eigenvalue weighted by Gasteiger charge is -2.18. The van der Waals surface area contributed by atoms with Gasteiger partial charge in [0.1, 0.15) is 0 Å². The first-order valence-corrected chi connectivity index (χ1v) is 5.80. The Morgan fingerprint density at radius 1 is 1.00 bits per heavy atom. The van der Waals surface area contributed by atoms with Crippen molar-refractivity contribution in [3.05, 3.63) is 18.2 Å². The van der Waals surface area contributed by atoms with E-state index in [4.69, 9.17) is 9.47 Å². The van der Waals surface area contributed by atoms with Crippen molar-refractivity contribution in [1.82, 2.24) is 0 Å². The lowest BCUT2D eigenvalue weighted by atomic mass is 10.3. The smallest absolute Gasteiger partial charge is 0.168 e. The van der Waals surface area contributed by atoms with Gasteiger partial charge in [0.25, 0.3) is 0 Å². The van der Waals surface area contributed by atoms with Crippen molar-refractivity contribution in [1.29, 1.82) is 0 Å². The van der Waals surface area contributed by atoms with E-state index in [2.05, 4.69) is 9.24 Å². The van der Waals surface area contributed by atoms with E-state index in [0.29, 0.717) is 0 Å². The van der Waals surface area contributed by atoms with Gasteiger partial charge in [0.05, 0.1) is 12.2 Å². The summed E-state index contributed by atoms with van der Waals surface area (Å²) >= 11 is 0.